The molecule has 2 aromatic rings. The van der Waals surface area contributed by atoms with Crippen molar-refractivity contribution in [3.8, 4) is 0 Å². The largest absolute Gasteiger partial charge is 0.314 e. The number of likely N-dealkylation sites (N-methyl/N-ethyl adjacent to an activating group) is 1. The average molecular weight is 310 g/mol. The van der Waals surface area contributed by atoms with E-state index in [0.29, 0.717) is 23.4 Å². The highest BCUT2D eigenvalue weighted by Gasteiger charge is 2.14. The van der Waals surface area contributed by atoms with Gasteiger partial charge in [0, 0.05) is 11.1 Å². The Morgan fingerprint density at radius 2 is 1.76 bits per heavy atom. The van der Waals surface area contributed by atoms with E-state index >= 15 is 0 Å². The highest BCUT2D eigenvalue weighted by molar-refractivity contribution is 6.31. The fraction of sp³-hybridized carbons (Fsp3) is 0.294. The summed E-state index contributed by atoms with van der Waals surface area (Å²) >= 11 is 6.07. The molecule has 0 fully saturated rings. The molecule has 0 aliphatic rings. The predicted molar refractivity (Wildman–Crippen MR) is 82.7 cm³/mol. The lowest BCUT2D eigenvalue weighted by atomic mass is 9.98. The van der Waals surface area contributed by atoms with Crippen LogP contribution in [-0.4, -0.2) is 12.6 Å². The highest BCUT2D eigenvalue weighted by Crippen LogP contribution is 2.20. The molecule has 0 heterocycles. The van der Waals surface area contributed by atoms with Gasteiger partial charge in [-0.1, -0.05) is 42.8 Å². The van der Waals surface area contributed by atoms with Crippen molar-refractivity contribution in [3.05, 3.63) is 70.2 Å². The number of rotatable bonds is 6. The van der Waals surface area contributed by atoms with Gasteiger partial charge in [0.05, 0.1) is 0 Å². The minimum atomic E-state index is -0.349. The molecule has 2 aromatic carbocycles. The summed E-state index contributed by atoms with van der Waals surface area (Å²) in [6, 6.07) is 11.2. The summed E-state index contributed by atoms with van der Waals surface area (Å²) in [5.74, 6) is -0.552. The molecule has 0 aromatic heterocycles. The zero-order valence-corrected chi connectivity index (χ0v) is 12.6. The molecule has 2 rings (SSSR count). The van der Waals surface area contributed by atoms with E-state index in [0.717, 1.165) is 12.1 Å². The maximum absolute atomic E-state index is 13.8. The van der Waals surface area contributed by atoms with Crippen LogP contribution in [0.3, 0.4) is 0 Å². The minimum absolute atomic E-state index is 0.0508. The average Bonchev–Trinajstić information content (AvgIpc) is 2.44. The van der Waals surface area contributed by atoms with Crippen molar-refractivity contribution in [2.45, 2.75) is 25.8 Å². The predicted octanol–water partition coefficient (Wildman–Crippen LogP) is 4.38. The summed E-state index contributed by atoms with van der Waals surface area (Å²) < 4.78 is 26.8. The second kappa shape index (κ2) is 7.53. The Kier molecular flexibility index (Phi) is 5.71. The van der Waals surface area contributed by atoms with Crippen molar-refractivity contribution in [3.63, 3.8) is 0 Å². The van der Waals surface area contributed by atoms with E-state index < -0.39 is 0 Å². The number of hydrogen-bond acceptors (Lipinski definition) is 1. The fourth-order valence-electron chi connectivity index (χ4n) is 2.39. The lowest BCUT2D eigenvalue weighted by Gasteiger charge is -2.19. The molecule has 4 heteroatoms. The molecule has 21 heavy (non-hydrogen) atoms. The lowest BCUT2D eigenvalue weighted by Crippen LogP contribution is -2.33. The van der Waals surface area contributed by atoms with Crippen LogP contribution in [0.25, 0.3) is 0 Å². The molecule has 0 bridgehead atoms. The van der Waals surface area contributed by atoms with Crippen LogP contribution >= 0.6 is 11.6 Å². The smallest absolute Gasteiger partial charge is 0.126 e. The Balaban J connectivity index is 2.14. The van der Waals surface area contributed by atoms with Gasteiger partial charge in [0.2, 0.25) is 0 Å². The highest BCUT2D eigenvalue weighted by atomic mass is 35.5. The third-order valence-electron chi connectivity index (χ3n) is 3.40. The van der Waals surface area contributed by atoms with Gasteiger partial charge >= 0.3 is 0 Å². The number of hydrogen-bond donors (Lipinski definition) is 1. The number of nitrogens with one attached hydrogen (secondary N) is 1. The first-order valence-electron chi connectivity index (χ1n) is 7.01. The zero-order valence-electron chi connectivity index (χ0n) is 11.9. The molecule has 0 aliphatic carbocycles. The Morgan fingerprint density at radius 3 is 2.43 bits per heavy atom. The van der Waals surface area contributed by atoms with Crippen molar-refractivity contribution in [1.29, 1.82) is 0 Å². The van der Waals surface area contributed by atoms with E-state index in [9.17, 15) is 8.78 Å². The first-order chi connectivity index (χ1) is 10.1. The summed E-state index contributed by atoms with van der Waals surface area (Å²) in [5, 5.41) is 3.74. The van der Waals surface area contributed by atoms with E-state index in [4.69, 9.17) is 11.6 Å². The van der Waals surface area contributed by atoms with Gasteiger partial charge in [-0.3, -0.25) is 0 Å². The van der Waals surface area contributed by atoms with Crippen LogP contribution in [0.15, 0.2) is 42.5 Å². The Morgan fingerprint density at radius 1 is 1.05 bits per heavy atom. The van der Waals surface area contributed by atoms with Crippen molar-refractivity contribution in [2.24, 2.45) is 0 Å². The van der Waals surface area contributed by atoms with Crippen LogP contribution in [0.1, 0.15) is 18.1 Å². The van der Waals surface area contributed by atoms with Gasteiger partial charge in [0.25, 0.3) is 0 Å². The lowest BCUT2D eigenvalue weighted by molar-refractivity contribution is 0.505. The van der Waals surface area contributed by atoms with Gasteiger partial charge in [-0.2, -0.15) is 0 Å². The van der Waals surface area contributed by atoms with E-state index in [-0.39, 0.29) is 17.7 Å². The van der Waals surface area contributed by atoms with Crippen LogP contribution in [0.4, 0.5) is 8.78 Å². The van der Waals surface area contributed by atoms with E-state index in [2.05, 4.69) is 5.32 Å². The first kappa shape index (κ1) is 15.9. The normalized spacial score (nSPS) is 12.4. The molecule has 0 radical (unpaired) electrons. The SMILES string of the molecule is CCNC(Cc1ccccc1F)Cc1ccc(F)cc1Cl. The van der Waals surface area contributed by atoms with Gasteiger partial charge in [-0.25, -0.2) is 8.78 Å². The summed E-state index contributed by atoms with van der Waals surface area (Å²) in [4.78, 5) is 0. The van der Waals surface area contributed by atoms with E-state index in [1.54, 1.807) is 18.2 Å². The Labute approximate surface area is 128 Å². The van der Waals surface area contributed by atoms with Crippen molar-refractivity contribution >= 4 is 11.6 Å². The van der Waals surface area contributed by atoms with Crippen molar-refractivity contribution in [1.82, 2.24) is 5.32 Å². The molecule has 1 N–H and O–H groups in total. The summed E-state index contributed by atoms with van der Waals surface area (Å²) in [5.41, 5.74) is 1.53. The van der Waals surface area contributed by atoms with Crippen molar-refractivity contribution < 1.29 is 8.78 Å². The third-order valence-corrected chi connectivity index (χ3v) is 3.75. The molecule has 0 spiro atoms. The van der Waals surface area contributed by atoms with E-state index in [1.165, 1.54) is 18.2 Å². The Bertz CT molecular complexity index is 601. The number of benzene rings is 2. The second-order valence-electron chi connectivity index (χ2n) is 4.99. The fourth-order valence-corrected chi connectivity index (χ4v) is 2.63. The molecule has 0 saturated heterocycles. The molecule has 1 unspecified atom stereocenters. The van der Waals surface area contributed by atoms with Gasteiger partial charge in [0.15, 0.2) is 0 Å². The van der Waals surface area contributed by atoms with E-state index in [1.807, 2.05) is 13.0 Å². The minimum Gasteiger partial charge on any atom is -0.314 e. The van der Waals surface area contributed by atoms with Gasteiger partial charge < -0.3 is 5.32 Å². The van der Waals surface area contributed by atoms with Crippen LogP contribution in [0.2, 0.25) is 5.02 Å². The molecular weight excluding hydrogens is 292 g/mol. The number of halogens is 3. The van der Waals surface area contributed by atoms with Gasteiger partial charge in [0.1, 0.15) is 11.6 Å². The molecule has 1 atom stereocenters. The standard InChI is InChI=1S/C17H18ClF2N/c1-2-21-15(10-13-5-3-4-6-17(13)20)9-12-7-8-14(19)11-16(12)18/h3-8,11,15,21H,2,9-10H2,1H3. The second-order valence-corrected chi connectivity index (χ2v) is 5.40. The quantitative estimate of drug-likeness (QED) is 0.835. The Hall–Kier alpha value is -1.45. The molecule has 1 nitrogen and oxygen atoms in total. The van der Waals surface area contributed by atoms with Crippen LogP contribution in [0, 0.1) is 11.6 Å². The van der Waals surface area contributed by atoms with Gasteiger partial charge in [-0.05, 0) is 48.7 Å². The molecule has 0 saturated carbocycles. The first-order valence-corrected chi connectivity index (χ1v) is 7.38. The van der Waals surface area contributed by atoms with Crippen LogP contribution in [0.5, 0.6) is 0 Å². The molecule has 0 amide bonds. The topological polar surface area (TPSA) is 12.0 Å². The van der Waals surface area contributed by atoms with Crippen LogP contribution in [-0.2, 0) is 12.8 Å². The molecular formula is C17H18ClF2N. The van der Waals surface area contributed by atoms with Crippen LogP contribution < -0.4 is 5.32 Å². The third kappa shape index (κ3) is 4.51. The molecule has 112 valence electrons. The molecule has 0 aliphatic heterocycles. The monoisotopic (exact) mass is 309 g/mol. The summed E-state index contributed by atoms with van der Waals surface area (Å²) in [6.45, 7) is 2.78. The summed E-state index contributed by atoms with van der Waals surface area (Å²) in [6.07, 6.45) is 1.19. The van der Waals surface area contributed by atoms with Gasteiger partial charge in [-0.15, -0.1) is 0 Å². The maximum Gasteiger partial charge on any atom is 0.126 e. The maximum atomic E-state index is 13.8. The summed E-state index contributed by atoms with van der Waals surface area (Å²) in [7, 11) is 0. The zero-order chi connectivity index (χ0) is 15.2. The van der Waals surface area contributed by atoms with Crippen molar-refractivity contribution in [2.75, 3.05) is 6.54 Å².